The van der Waals surface area contributed by atoms with Gasteiger partial charge in [-0.25, -0.2) is 9.38 Å². The molecule has 0 fully saturated rings. The smallest absolute Gasteiger partial charge is 0.191 e. The molecule has 0 atom stereocenters. The van der Waals surface area contributed by atoms with Gasteiger partial charge in [-0.2, -0.15) is 0 Å². The number of benzene rings is 2. The molecule has 0 aliphatic rings. The fraction of sp³-hybridized carbons (Fsp3) is 0.350. The van der Waals surface area contributed by atoms with Crippen molar-refractivity contribution in [3.05, 3.63) is 71.0 Å². The van der Waals surface area contributed by atoms with E-state index >= 15 is 0 Å². The summed E-state index contributed by atoms with van der Waals surface area (Å²) in [6.07, 6.45) is 0. The van der Waals surface area contributed by atoms with Gasteiger partial charge >= 0.3 is 0 Å². The van der Waals surface area contributed by atoms with Gasteiger partial charge in [-0.15, -0.1) is 24.0 Å². The Morgan fingerprint density at radius 2 is 1.77 bits per heavy atom. The first-order chi connectivity index (χ1) is 12.1. The molecule has 0 unspecified atom stereocenters. The van der Waals surface area contributed by atoms with Crippen molar-refractivity contribution in [3.8, 4) is 0 Å². The van der Waals surface area contributed by atoms with Crippen LogP contribution in [-0.2, 0) is 19.6 Å². The molecular formula is C20H28FIN4. The third kappa shape index (κ3) is 7.70. The predicted molar refractivity (Wildman–Crippen MR) is 117 cm³/mol. The normalized spacial score (nSPS) is 11.2. The SMILES string of the molecule is CCNC(=NCc1cccc(F)c1)NCc1ccccc1CN(C)C.I. The molecule has 4 nitrogen and oxygen atoms in total. The van der Waals surface area contributed by atoms with E-state index < -0.39 is 0 Å². The average molecular weight is 470 g/mol. The second-order valence-electron chi connectivity index (χ2n) is 6.19. The van der Waals surface area contributed by atoms with Crippen molar-refractivity contribution < 1.29 is 4.39 Å². The molecule has 26 heavy (non-hydrogen) atoms. The first-order valence-corrected chi connectivity index (χ1v) is 8.56. The largest absolute Gasteiger partial charge is 0.357 e. The fourth-order valence-corrected chi connectivity index (χ4v) is 2.55. The van der Waals surface area contributed by atoms with E-state index in [1.54, 1.807) is 6.07 Å². The highest BCUT2D eigenvalue weighted by atomic mass is 127. The van der Waals surface area contributed by atoms with E-state index in [1.807, 2.05) is 19.1 Å². The molecule has 2 N–H and O–H groups in total. The van der Waals surface area contributed by atoms with Crippen LogP contribution in [0.4, 0.5) is 4.39 Å². The lowest BCUT2D eigenvalue weighted by Crippen LogP contribution is -2.37. The molecule has 0 saturated heterocycles. The summed E-state index contributed by atoms with van der Waals surface area (Å²) in [4.78, 5) is 6.70. The van der Waals surface area contributed by atoms with Gasteiger partial charge < -0.3 is 15.5 Å². The number of rotatable bonds is 7. The number of aliphatic imine (C=N–C) groups is 1. The number of guanidine groups is 1. The predicted octanol–water partition coefficient (Wildman–Crippen LogP) is 3.76. The topological polar surface area (TPSA) is 39.7 Å². The molecule has 0 saturated carbocycles. The van der Waals surface area contributed by atoms with Crippen LogP contribution < -0.4 is 10.6 Å². The lowest BCUT2D eigenvalue weighted by Gasteiger charge is -2.16. The summed E-state index contributed by atoms with van der Waals surface area (Å²) in [5.41, 5.74) is 3.39. The molecule has 0 aliphatic heterocycles. The Balaban J connectivity index is 0.00000338. The molecule has 2 aromatic carbocycles. The number of hydrogen-bond donors (Lipinski definition) is 2. The van der Waals surface area contributed by atoms with Crippen molar-refractivity contribution in [2.45, 2.75) is 26.6 Å². The van der Waals surface area contributed by atoms with E-state index in [0.29, 0.717) is 13.1 Å². The number of hydrogen-bond acceptors (Lipinski definition) is 2. The van der Waals surface area contributed by atoms with Crippen molar-refractivity contribution >= 4 is 29.9 Å². The molecule has 6 heteroatoms. The molecule has 2 aromatic rings. The highest BCUT2D eigenvalue weighted by molar-refractivity contribution is 14.0. The zero-order valence-electron chi connectivity index (χ0n) is 15.6. The zero-order valence-corrected chi connectivity index (χ0v) is 18.0. The van der Waals surface area contributed by atoms with Crippen molar-refractivity contribution in [2.75, 3.05) is 20.6 Å². The van der Waals surface area contributed by atoms with Crippen LogP contribution in [0.1, 0.15) is 23.6 Å². The minimum Gasteiger partial charge on any atom is -0.357 e. The highest BCUT2D eigenvalue weighted by Gasteiger charge is 2.04. The van der Waals surface area contributed by atoms with Crippen LogP contribution in [0, 0.1) is 5.82 Å². The lowest BCUT2D eigenvalue weighted by atomic mass is 10.1. The van der Waals surface area contributed by atoms with Crippen LogP contribution in [0.25, 0.3) is 0 Å². The second-order valence-corrected chi connectivity index (χ2v) is 6.19. The first kappa shape index (κ1) is 22.4. The minimum absolute atomic E-state index is 0. The maximum Gasteiger partial charge on any atom is 0.191 e. The first-order valence-electron chi connectivity index (χ1n) is 8.56. The van der Waals surface area contributed by atoms with Gasteiger partial charge in [-0.1, -0.05) is 36.4 Å². The Kier molecular flexibility index (Phi) is 10.2. The molecule has 0 aromatic heterocycles. The van der Waals surface area contributed by atoms with Gasteiger partial charge in [0, 0.05) is 19.6 Å². The third-order valence-electron chi connectivity index (χ3n) is 3.70. The van der Waals surface area contributed by atoms with Gasteiger partial charge in [0.2, 0.25) is 0 Å². The monoisotopic (exact) mass is 470 g/mol. The summed E-state index contributed by atoms with van der Waals surface area (Å²) in [6.45, 7) is 4.83. The summed E-state index contributed by atoms with van der Waals surface area (Å²) in [5, 5.41) is 6.59. The maximum atomic E-state index is 13.3. The summed E-state index contributed by atoms with van der Waals surface area (Å²) in [6, 6.07) is 14.9. The number of nitrogens with zero attached hydrogens (tertiary/aromatic N) is 2. The van der Waals surface area contributed by atoms with Crippen LogP contribution in [0.15, 0.2) is 53.5 Å². The summed E-state index contributed by atoms with van der Waals surface area (Å²) in [7, 11) is 4.13. The second kappa shape index (κ2) is 11.9. The number of nitrogens with one attached hydrogen (secondary N) is 2. The van der Waals surface area contributed by atoms with Crippen LogP contribution in [0.2, 0.25) is 0 Å². The van der Waals surface area contributed by atoms with E-state index in [1.165, 1.54) is 23.3 Å². The van der Waals surface area contributed by atoms with Crippen LogP contribution in [0.5, 0.6) is 0 Å². The van der Waals surface area contributed by atoms with E-state index in [9.17, 15) is 4.39 Å². The lowest BCUT2D eigenvalue weighted by molar-refractivity contribution is 0.400. The Hall–Kier alpha value is -1.67. The van der Waals surface area contributed by atoms with Gasteiger partial charge in [0.1, 0.15) is 5.82 Å². The molecule has 0 amide bonds. The van der Waals surface area contributed by atoms with Crippen LogP contribution in [0.3, 0.4) is 0 Å². The Labute approximate surface area is 172 Å². The molecule has 0 bridgehead atoms. The molecule has 0 aliphatic carbocycles. The molecule has 0 heterocycles. The van der Waals surface area contributed by atoms with Gasteiger partial charge in [0.05, 0.1) is 6.54 Å². The van der Waals surface area contributed by atoms with E-state index in [4.69, 9.17) is 0 Å². The highest BCUT2D eigenvalue weighted by Crippen LogP contribution is 2.10. The quantitative estimate of drug-likeness (QED) is 0.368. The Bertz CT molecular complexity index is 704. The van der Waals surface area contributed by atoms with E-state index in [-0.39, 0.29) is 29.8 Å². The van der Waals surface area contributed by atoms with Crippen LogP contribution >= 0.6 is 24.0 Å². The van der Waals surface area contributed by atoms with Crippen molar-refractivity contribution in [1.82, 2.24) is 15.5 Å². The van der Waals surface area contributed by atoms with E-state index in [2.05, 4.69) is 52.8 Å². The molecular weight excluding hydrogens is 442 g/mol. The molecule has 2 rings (SSSR count). The molecule has 0 spiro atoms. The Morgan fingerprint density at radius 3 is 2.42 bits per heavy atom. The summed E-state index contributed by atoms with van der Waals surface area (Å²) < 4.78 is 13.3. The summed E-state index contributed by atoms with van der Waals surface area (Å²) >= 11 is 0. The van der Waals surface area contributed by atoms with Crippen molar-refractivity contribution in [1.29, 1.82) is 0 Å². The average Bonchev–Trinajstić information content (AvgIpc) is 2.58. The molecule has 142 valence electrons. The number of halogens is 2. The Morgan fingerprint density at radius 1 is 1.04 bits per heavy atom. The summed E-state index contributed by atoms with van der Waals surface area (Å²) in [5.74, 6) is 0.495. The van der Waals surface area contributed by atoms with Gasteiger partial charge in [-0.3, -0.25) is 0 Å². The maximum absolute atomic E-state index is 13.3. The van der Waals surface area contributed by atoms with Gasteiger partial charge in [-0.05, 0) is 49.8 Å². The fourth-order valence-electron chi connectivity index (χ4n) is 2.55. The third-order valence-corrected chi connectivity index (χ3v) is 3.70. The van der Waals surface area contributed by atoms with E-state index in [0.717, 1.165) is 24.6 Å². The standard InChI is InChI=1S/C20H27FN4.HI/c1-4-22-20(23-13-16-8-7-11-19(21)12-16)24-14-17-9-5-6-10-18(17)15-25(2)3;/h5-12H,4,13-15H2,1-3H3,(H2,22,23,24);1H. The minimum atomic E-state index is -0.233. The van der Waals surface area contributed by atoms with Gasteiger partial charge in [0.25, 0.3) is 0 Å². The molecule has 0 radical (unpaired) electrons. The van der Waals surface area contributed by atoms with Crippen molar-refractivity contribution in [3.63, 3.8) is 0 Å². The van der Waals surface area contributed by atoms with Crippen LogP contribution in [-0.4, -0.2) is 31.5 Å². The zero-order chi connectivity index (χ0) is 18.1. The van der Waals surface area contributed by atoms with Gasteiger partial charge in [0.15, 0.2) is 5.96 Å². The van der Waals surface area contributed by atoms with Crippen molar-refractivity contribution in [2.24, 2.45) is 4.99 Å².